The second kappa shape index (κ2) is 7.40. The molecule has 1 unspecified atom stereocenters. The van der Waals surface area contributed by atoms with Crippen molar-refractivity contribution in [2.24, 2.45) is 5.11 Å². The highest BCUT2D eigenvalue weighted by atomic mass is 16.6. The van der Waals surface area contributed by atoms with Gasteiger partial charge in [-0.15, -0.1) is 0 Å². The van der Waals surface area contributed by atoms with Crippen LogP contribution in [0.1, 0.15) is 13.2 Å². The summed E-state index contributed by atoms with van der Waals surface area (Å²) in [5.74, 6) is 0. The minimum Gasteiger partial charge on any atom is -0.465 e. The summed E-state index contributed by atoms with van der Waals surface area (Å²) in [6.07, 6.45) is -5.40. The van der Waals surface area contributed by atoms with E-state index in [1.807, 2.05) is 0 Å². The molecule has 0 radical (unpaired) electrons. The zero-order chi connectivity index (χ0) is 17.0. The number of aromatic nitrogens is 2. The summed E-state index contributed by atoms with van der Waals surface area (Å²) in [4.78, 5) is 17.6. The van der Waals surface area contributed by atoms with Crippen molar-refractivity contribution >= 4 is 0 Å². The Morgan fingerprint density at radius 3 is 2.83 bits per heavy atom. The first-order chi connectivity index (χ1) is 11.0. The Morgan fingerprint density at radius 2 is 2.17 bits per heavy atom. The van der Waals surface area contributed by atoms with E-state index in [-0.39, 0.29) is 19.2 Å². The quantitative estimate of drug-likeness (QED) is 0.352. The van der Waals surface area contributed by atoms with Gasteiger partial charge >= 0.3 is 6.01 Å². The highest BCUT2D eigenvalue weighted by molar-refractivity contribution is 5.03. The Hall–Kier alpha value is -2.17. The van der Waals surface area contributed by atoms with Gasteiger partial charge in [0.2, 0.25) is 0 Å². The fourth-order valence-electron chi connectivity index (χ4n) is 2.26. The predicted molar refractivity (Wildman–Crippen MR) is 75.6 cm³/mol. The minimum atomic E-state index is -1.54. The molecule has 0 aliphatic carbocycles. The average molecular weight is 327 g/mol. The molecule has 5 atom stereocenters. The van der Waals surface area contributed by atoms with Crippen LogP contribution in [0.25, 0.3) is 10.4 Å². The van der Waals surface area contributed by atoms with Gasteiger partial charge in [0.25, 0.3) is 5.56 Å². The molecule has 1 aromatic heterocycles. The fraction of sp³-hybridized carbons (Fsp3) is 0.667. The molecule has 1 saturated heterocycles. The molecule has 0 saturated carbocycles. The number of ether oxygens (including phenoxy) is 2. The molecule has 0 amide bonds. The van der Waals surface area contributed by atoms with Crippen molar-refractivity contribution in [3.8, 4) is 6.01 Å². The second-order valence-electron chi connectivity index (χ2n) is 4.84. The molecule has 1 aromatic rings. The van der Waals surface area contributed by atoms with Crippen molar-refractivity contribution in [1.29, 1.82) is 0 Å². The summed E-state index contributed by atoms with van der Waals surface area (Å²) in [5, 5.41) is 33.3. The Labute approximate surface area is 130 Å². The monoisotopic (exact) mass is 327 g/mol. The summed E-state index contributed by atoms with van der Waals surface area (Å²) in [5.41, 5.74) is 7.83. The molecule has 0 bridgehead atoms. The van der Waals surface area contributed by atoms with Crippen molar-refractivity contribution in [3.63, 3.8) is 0 Å². The summed E-state index contributed by atoms with van der Waals surface area (Å²) >= 11 is 0. The van der Waals surface area contributed by atoms with Crippen LogP contribution in [0.3, 0.4) is 0 Å². The lowest BCUT2D eigenvalue weighted by molar-refractivity contribution is -0.243. The van der Waals surface area contributed by atoms with Crippen LogP contribution in [0.2, 0.25) is 0 Å². The van der Waals surface area contributed by atoms with Crippen molar-refractivity contribution in [3.05, 3.63) is 33.1 Å². The third kappa shape index (κ3) is 3.60. The lowest BCUT2D eigenvalue weighted by Crippen LogP contribution is -2.56. The van der Waals surface area contributed by atoms with Gasteiger partial charge in [-0.25, -0.2) is 0 Å². The lowest BCUT2D eigenvalue weighted by atomic mass is 9.98. The number of aliphatic hydroxyl groups excluding tert-OH is 3. The van der Waals surface area contributed by atoms with E-state index in [0.717, 1.165) is 6.07 Å². The zero-order valence-corrected chi connectivity index (χ0v) is 12.3. The highest BCUT2D eigenvalue weighted by Crippen LogP contribution is 2.30. The molecule has 3 N–H and O–H groups in total. The van der Waals surface area contributed by atoms with Crippen LogP contribution < -0.4 is 10.3 Å². The van der Waals surface area contributed by atoms with Crippen molar-refractivity contribution in [2.75, 3.05) is 13.2 Å². The van der Waals surface area contributed by atoms with Crippen molar-refractivity contribution in [2.45, 2.75) is 37.6 Å². The van der Waals surface area contributed by atoms with E-state index >= 15 is 0 Å². The van der Waals surface area contributed by atoms with Gasteiger partial charge in [-0.2, -0.15) is 4.98 Å². The minimum absolute atomic E-state index is 0.102. The average Bonchev–Trinajstić information content (AvgIpc) is 2.53. The molecule has 1 aliphatic heterocycles. The normalized spacial score (nSPS) is 30.5. The molecule has 23 heavy (non-hydrogen) atoms. The molecular formula is C12H17N5O6. The van der Waals surface area contributed by atoms with Gasteiger partial charge in [0, 0.05) is 17.2 Å². The number of rotatable bonds is 5. The third-order valence-corrected chi connectivity index (χ3v) is 3.36. The molecule has 2 heterocycles. The number of hydrogen-bond donors (Lipinski definition) is 3. The first kappa shape index (κ1) is 17.2. The maximum absolute atomic E-state index is 11.4. The molecule has 1 fully saturated rings. The van der Waals surface area contributed by atoms with Crippen LogP contribution in [0.5, 0.6) is 6.01 Å². The van der Waals surface area contributed by atoms with Crippen molar-refractivity contribution in [1.82, 2.24) is 9.55 Å². The number of aliphatic hydroxyl groups is 3. The van der Waals surface area contributed by atoms with Crippen molar-refractivity contribution < 1.29 is 24.8 Å². The highest BCUT2D eigenvalue weighted by Gasteiger charge is 2.44. The molecule has 0 spiro atoms. The van der Waals surface area contributed by atoms with E-state index in [1.165, 1.54) is 10.8 Å². The van der Waals surface area contributed by atoms with Crippen LogP contribution in [-0.2, 0) is 4.74 Å². The SMILES string of the molecule is CCOc1nc(=O)ccn1C1O[C@H](CN=[N+]=[N-])[C@@H](O)[C@H](O)[C@H]1O. The molecule has 11 heteroatoms. The lowest BCUT2D eigenvalue weighted by Gasteiger charge is -2.41. The molecule has 0 aromatic carbocycles. The summed E-state index contributed by atoms with van der Waals surface area (Å²) in [6, 6.07) is 1.04. The number of azide groups is 1. The van der Waals surface area contributed by atoms with Gasteiger partial charge in [-0.05, 0) is 12.5 Å². The topological polar surface area (TPSA) is 163 Å². The fourth-order valence-corrected chi connectivity index (χ4v) is 2.26. The van der Waals surface area contributed by atoms with Gasteiger partial charge in [-0.3, -0.25) is 9.36 Å². The van der Waals surface area contributed by atoms with Gasteiger partial charge < -0.3 is 24.8 Å². The van der Waals surface area contributed by atoms with E-state index in [9.17, 15) is 20.1 Å². The molecule has 2 rings (SSSR count). The van der Waals surface area contributed by atoms with E-state index in [0.29, 0.717) is 0 Å². The maximum atomic E-state index is 11.4. The molecule has 11 nitrogen and oxygen atoms in total. The van der Waals surface area contributed by atoms with E-state index in [4.69, 9.17) is 15.0 Å². The van der Waals surface area contributed by atoms with Crippen LogP contribution in [0, 0.1) is 0 Å². The van der Waals surface area contributed by atoms with E-state index in [2.05, 4.69) is 15.0 Å². The largest absolute Gasteiger partial charge is 0.465 e. The maximum Gasteiger partial charge on any atom is 0.301 e. The van der Waals surface area contributed by atoms with Gasteiger partial charge in [0.15, 0.2) is 6.23 Å². The second-order valence-corrected chi connectivity index (χ2v) is 4.84. The van der Waals surface area contributed by atoms with E-state index in [1.54, 1.807) is 6.92 Å². The molecular weight excluding hydrogens is 310 g/mol. The van der Waals surface area contributed by atoms with Gasteiger partial charge in [0.1, 0.15) is 18.3 Å². The van der Waals surface area contributed by atoms with Gasteiger partial charge in [-0.1, -0.05) is 5.11 Å². The summed E-state index contributed by atoms with van der Waals surface area (Å²) < 4.78 is 12.0. The van der Waals surface area contributed by atoms with Crippen LogP contribution in [0.4, 0.5) is 0 Å². The van der Waals surface area contributed by atoms with Crippen LogP contribution >= 0.6 is 0 Å². The summed E-state index contributed by atoms with van der Waals surface area (Å²) in [6.45, 7) is 1.66. The third-order valence-electron chi connectivity index (χ3n) is 3.36. The Balaban J connectivity index is 2.36. The Bertz CT molecular complexity index is 645. The predicted octanol–water partition coefficient (Wildman–Crippen LogP) is -1.07. The smallest absolute Gasteiger partial charge is 0.301 e. The van der Waals surface area contributed by atoms with Gasteiger partial charge in [0.05, 0.1) is 19.3 Å². The number of nitrogens with zero attached hydrogens (tertiary/aromatic N) is 5. The molecule has 1 aliphatic rings. The number of hydrogen-bond acceptors (Lipinski definition) is 8. The summed E-state index contributed by atoms with van der Waals surface area (Å²) in [7, 11) is 0. The first-order valence-corrected chi connectivity index (χ1v) is 6.92. The Kier molecular flexibility index (Phi) is 5.53. The molecule has 126 valence electrons. The van der Waals surface area contributed by atoms with E-state index < -0.39 is 36.2 Å². The first-order valence-electron chi connectivity index (χ1n) is 6.92. The Morgan fingerprint density at radius 1 is 1.43 bits per heavy atom. The van der Waals surface area contributed by atoms with Crippen LogP contribution in [-0.4, -0.2) is 62.4 Å². The van der Waals surface area contributed by atoms with Crippen LogP contribution in [0.15, 0.2) is 22.2 Å². The standard InChI is InChI=1S/C12H17N5O6/c1-2-22-12-15-7(18)3-4-17(12)11-10(21)9(20)8(19)6(23-11)5-14-16-13/h3-4,6,8-11,19-21H,2,5H2,1H3/t6-,8-,9+,10-,11?/m1/s1. The zero-order valence-electron chi connectivity index (χ0n) is 12.3.